The molecule has 0 radical (unpaired) electrons. The maximum atomic E-state index is 13.3. The van der Waals surface area contributed by atoms with E-state index in [4.69, 9.17) is 4.74 Å². The van der Waals surface area contributed by atoms with Gasteiger partial charge in [0.15, 0.2) is 0 Å². The number of hydrogen-bond donors (Lipinski definition) is 3. The molecule has 242 valence electrons. The summed E-state index contributed by atoms with van der Waals surface area (Å²) in [5.41, 5.74) is 5.36. The first-order valence-electron chi connectivity index (χ1n) is 16.8. The van der Waals surface area contributed by atoms with E-state index in [1.165, 1.54) is 19.3 Å². The molecule has 3 heterocycles. The number of aromatic nitrogens is 3. The number of nitrogens with zero attached hydrogens (tertiary/aromatic N) is 2. The van der Waals surface area contributed by atoms with Crippen molar-refractivity contribution in [2.24, 2.45) is 23.7 Å². The highest BCUT2D eigenvalue weighted by Gasteiger charge is 2.21. The number of hydrogen-bond acceptors (Lipinski definition) is 5. The minimum Gasteiger partial charge on any atom is -0.382 e. The van der Waals surface area contributed by atoms with Gasteiger partial charge in [-0.3, -0.25) is 14.9 Å². The lowest BCUT2D eigenvalue weighted by Gasteiger charge is -2.25. The van der Waals surface area contributed by atoms with Crippen LogP contribution in [0.4, 0.5) is 5.69 Å². The number of nitrogens with one attached hydrogen (secondary N) is 3. The van der Waals surface area contributed by atoms with Crippen molar-refractivity contribution in [1.82, 2.24) is 20.5 Å². The van der Waals surface area contributed by atoms with Crippen LogP contribution in [0.2, 0.25) is 0 Å². The van der Waals surface area contributed by atoms with E-state index in [1.54, 1.807) is 6.20 Å². The smallest absolute Gasteiger partial charge is 0.251 e. The number of amides is 1. The predicted molar refractivity (Wildman–Crippen MR) is 186 cm³/mol. The van der Waals surface area contributed by atoms with E-state index in [0.717, 1.165) is 59.1 Å². The first-order valence-corrected chi connectivity index (χ1v) is 16.8. The van der Waals surface area contributed by atoms with Crippen LogP contribution < -0.4 is 10.6 Å². The van der Waals surface area contributed by atoms with Gasteiger partial charge in [-0.25, -0.2) is 0 Å². The zero-order valence-electron chi connectivity index (χ0n) is 28.3. The van der Waals surface area contributed by atoms with Crippen molar-refractivity contribution < 1.29 is 9.53 Å². The molecule has 3 atom stereocenters. The van der Waals surface area contributed by atoms with Gasteiger partial charge < -0.3 is 15.4 Å². The van der Waals surface area contributed by atoms with Gasteiger partial charge in [0.1, 0.15) is 0 Å². The van der Waals surface area contributed by atoms with E-state index in [1.807, 2.05) is 36.4 Å². The van der Waals surface area contributed by atoms with E-state index in [9.17, 15) is 4.79 Å². The van der Waals surface area contributed by atoms with Crippen LogP contribution in [0.1, 0.15) is 96.2 Å². The van der Waals surface area contributed by atoms with E-state index in [0.29, 0.717) is 23.4 Å². The number of ether oxygens (including phenoxy) is 1. The third-order valence-corrected chi connectivity index (χ3v) is 8.34. The molecule has 1 fully saturated rings. The lowest BCUT2D eigenvalue weighted by atomic mass is 9.92. The molecule has 0 spiro atoms. The van der Waals surface area contributed by atoms with Crippen LogP contribution in [0.15, 0.2) is 66.9 Å². The summed E-state index contributed by atoms with van der Waals surface area (Å²) in [6, 6.07) is 20.3. The Labute approximate surface area is 270 Å². The molecule has 3 unspecified atom stereocenters. The van der Waals surface area contributed by atoms with Crippen molar-refractivity contribution in [2.75, 3.05) is 18.5 Å². The number of pyridine rings is 1. The molecular formula is C38H53N5O2. The normalized spacial score (nSPS) is 15.2. The van der Waals surface area contributed by atoms with E-state index in [2.05, 4.69) is 98.5 Å². The number of anilines is 1. The zero-order valence-corrected chi connectivity index (χ0v) is 28.3. The Kier molecular flexibility index (Phi) is 12.6. The molecule has 2 aromatic heterocycles. The monoisotopic (exact) mass is 611 g/mol. The van der Waals surface area contributed by atoms with Crippen LogP contribution in [0.5, 0.6) is 0 Å². The van der Waals surface area contributed by atoms with Crippen molar-refractivity contribution in [3.05, 3.63) is 78.1 Å². The predicted octanol–water partition coefficient (Wildman–Crippen LogP) is 9.06. The van der Waals surface area contributed by atoms with Crippen molar-refractivity contribution in [2.45, 2.75) is 86.2 Å². The molecule has 3 N–H and O–H groups in total. The van der Waals surface area contributed by atoms with Gasteiger partial charge in [0, 0.05) is 40.4 Å². The van der Waals surface area contributed by atoms with Crippen LogP contribution >= 0.6 is 0 Å². The molecule has 5 rings (SSSR count). The second-order valence-corrected chi connectivity index (χ2v) is 13.6. The van der Waals surface area contributed by atoms with E-state index >= 15 is 0 Å². The summed E-state index contributed by atoms with van der Waals surface area (Å²) < 4.78 is 4.83. The molecule has 1 amide bonds. The number of fused-ring (bicyclic) bond motifs is 1. The first kappa shape index (κ1) is 34.2. The number of benzene rings is 2. The molecule has 4 aromatic rings. The Hall–Kier alpha value is -3.71. The summed E-state index contributed by atoms with van der Waals surface area (Å²) in [5, 5.41) is 15.6. The SMILES string of the molecule is CC1COC1.CCCC(C)CC(CC(C)C)Nc1ccc(-c2n[nH]c3ccc(C(=O)NC(c4ccccn4)C(C)C)cc23)cc1. The van der Waals surface area contributed by atoms with E-state index < -0.39 is 0 Å². The fraction of sp³-hybridized carbons (Fsp3) is 0.500. The van der Waals surface area contributed by atoms with Crippen molar-refractivity contribution in [3.8, 4) is 11.3 Å². The number of carbonyl (C=O) groups excluding carboxylic acids is 1. The average molecular weight is 612 g/mol. The quantitative estimate of drug-likeness (QED) is 0.140. The van der Waals surface area contributed by atoms with E-state index in [-0.39, 0.29) is 17.9 Å². The third-order valence-electron chi connectivity index (χ3n) is 8.34. The third kappa shape index (κ3) is 9.89. The Bertz CT molecular complexity index is 1460. The second-order valence-electron chi connectivity index (χ2n) is 13.6. The maximum absolute atomic E-state index is 13.3. The molecule has 7 heteroatoms. The Morgan fingerprint density at radius 1 is 1.00 bits per heavy atom. The largest absolute Gasteiger partial charge is 0.382 e. The highest BCUT2D eigenvalue weighted by atomic mass is 16.5. The average Bonchev–Trinajstić information content (AvgIpc) is 3.43. The molecule has 45 heavy (non-hydrogen) atoms. The Morgan fingerprint density at radius 2 is 1.73 bits per heavy atom. The molecule has 0 bridgehead atoms. The summed E-state index contributed by atoms with van der Waals surface area (Å²) in [7, 11) is 0. The van der Waals surface area contributed by atoms with Crippen LogP contribution in [0, 0.1) is 23.7 Å². The molecule has 1 aliphatic heterocycles. The van der Waals surface area contributed by atoms with Gasteiger partial charge >= 0.3 is 0 Å². The number of H-pyrrole nitrogens is 1. The molecular weight excluding hydrogens is 558 g/mol. The fourth-order valence-electron chi connectivity index (χ4n) is 5.93. The summed E-state index contributed by atoms with van der Waals surface area (Å²) >= 11 is 0. The van der Waals surface area contributed by atoms with Gasteiger partial charge in [-0.15, -0.1) is 0 Å². The summed E-state index contributed by atoms with van der Waals surface area (Å²) in [6.07, 6.45) is 6.60. The Morgan fingerprint density at radius 3 is 2.31 bits per heavy atom. The summed E-state index contributed by atoms with van der Waals surface area (Å²) in [6.45, 7) is 17.5. The number of aromatic amines is 1. The van der Waals surface area contributed by atoms with Gasteiger partial charge in [0.2, 0.25) is 0 Å². The van der Waals surface area contributed by atoms with Crippen molar-refractivity contribution in [1.29, 1.82) is 0 Å². The minimum absolute atomic E-state index is 0.119. The van der Waals surface area contributed by atoms with Gasteiger partial charge in [-0.2, -0.15) is 5.10 Å². The zero-order chi connectivity index (χ0) is 32.3. The molecule has 0 saturated carbocycles. The van der Waals surface area contributed by atoms with Gasteiger partial charge in [-0.05, 0) is 73.1 Å². The Balaban J connectivity index is 0.000000838. The molecule has 7 nitrogen and oxygen atoms in total. The van der Waals surface area contributed by atoms with Crippen LogP contribution in [-0.4, -0.2) is 40.3 Å². The summed E-state index contributed by atoms with van der Waals surface area (Å²) in [5.74, 6) is 2.28. The highest BCUT2D eigenvalue weighted by molar-refractivity contribution is 6.01. The van der Waals surface area contributed by atoms with Crippen molar-refractivity contribution >= 4 is 22.5 Å². The van der Waals surface area contributed by atoms with Gasteiger partial charge in [0.05, 0.1) is 36.2 Å². The van der Waals surface area contributed by atoms with Gasteiger partial charge in [0.25, 0.3) is 5.91 Å². The molecule has 1 aliphatic rings. The van der Waals surface area contributed by atoms with Crippen LogP contribution in [-0.2, 0) is 4.74 Å². The highest BCUT2D eigenvalue weighted by Crippen LogP contribution is 2.30. The second kappa shape index (κ2) is 16.6. The molecule has 0 aliphatic carbocycles. The van der Waals surface area contributed by atoms with Crippen LogP contribution in [0.25, 0.3) is 22.2 Å². The van der Waals surface area contributed by atoms with Crippen LogP contribution in [0.3, 0.4) is 0 Å². The maximum Gasteiger partial charge on any atom is 0.251 e. The molecule has 1 saturated heterocycles. The minimum atomic E-state index is -0.169. The lowest BCUT2D eigenvalue weighted by molar-refractivity contribution is -0.0221. The topological polar surface area (TPSA) is 91.9 Å². The van der Waals surface area contributed by atoms with Gasteiger partial charge in [-0.1, -0.05) is 79.5 Å². The fourth-order valence-corrected chi connectivity index (χ4v) is 5.93. The number of carbonyl (C=O) groups is 1. The number of rotatable bonds is 13. The first-order chi connectivity index (χ1) is 21.6. The van der Waals surface area contributed by atoms with Crippen molar-refractivity contribution in [3.63, 3.8) is 0 Å². The molecule has 2 aromatic carbocycles. The summed E-state index contributed by atoms with van der Waals surface area (Å²) in [4.78, 5) is 17.8. The lowest BCUT2D eigenvalue weighted by Crippen LogP contribution is -2.32. The standard InChI is InChI=1S/C34H45N5O.C4H8O/c1-7-10-24(6)20-28(19-22(2)3)36-27-15-12-25(13-16-27)33-29-21-26(14-17-30(29)38-39-33)34(40)37-32(23(4)5)31-11-8-9-18-35-31;1-4-2-5-3-4/h8-9,11-18,21-24,28,32,36H,7,10,19-20H2,1-6H3,(H,37,40)(H,38,39);4H,2-3H2,1H3.